The summed E-state index contributed by atoms with van der Waals surface area (Å²) < 4.78 is 27.7. The molecule has 0 radical (unpaired) electrons. The Balaban J connectivity index is 2.23. The molecule has 0 saturated heterocycles. The smallest absolute Gasteiger partial charge is 0.150 e. The van der Waals surface area contributed by atoms with Crippen molar-refractivity contribution in [2.45, 2.75) is 56.7 Å². The van der Waals surface area contributed by atoms with E-state index in [1.165, 1.54) is 17.8 Å². The molecule has 1 heterocycles. The molecule has 0 aromatic carbocycles. The normalized spacial score (nSPS) is 25.2. The average Bonchev–Trinajstić information content (AvgIpc) is 2.88. The Labute approximate surface area is 130 Å². The van der Waals surface area contributed by atoms with Crippen LogP contribution in [-0.4, -0.2) is 29.5 Å². The van der Waals surface area contributed by atoms with Crippen molar-refractivity contribution >= 4 is 21.4 Å². The molecule has 0 aliphatic heterocycles. The van der Waals surface area contributed by atoms with Crippen molar-refractivity contribution in [1.82, 2.24) is 15.0 Å². The highest BCUT2D eigenvalue weighted by Crippen LogP contribution is 2.39. The van der Waals surface area contributed by atoms with E-state index in [0.717, 1.165) is 29.8 Å². The van der Waals surface area contributed by atoms with Crippen molar-refractivity contribution in [3.8, 4) is 0 Å². The van der Waals surface area contributed by atoms with Crippen LogP contribution in [0.3, 0.4) is 0 Å². The number of hydrogen-bond acceptors (Lipinski definition) is 7. The Morgan fingerprint density at radius 1 is 1.38 bits per heavy atom. The molecule has 2 rings (SSSR count). The molecule has 1 fully saturated rings. The summed E-state index contributed by atoms with van der Waals surface area (Å²) in [6, 6.07) is -0.0630. The molecule has 0 bridgehead atoms. The van der Waals surface area contributed by atoms with Gasteiger partial charge in [-0.05, 0) is 42.6 Å². The molecule has 1 aliphatic rings. The van der Waals surface area contributed by atoms with E-state index in [2.05, 4.69) is 28.9 Å². The monoisotopic (exact) mass is 332 g/mol. The minimum absolute atomic E-state index is 0.0630. The first-order chi connectivity index (χ1) is 9.84. The molecule has 3 unspecified atom stereocenters. The number of hydrazine groups is 1. The van der Waals surface area contributed by atoms with Crippen LogP contribution in [0.2, 0.25) is 0 Å². The number of nitrogens with one attached hydrogen (secondary N) is 1. The Morgan fingerprint density at radius 2 is 2.10 bits per heavy atom. The number of nitrogens with two attached hydrogens (primary N) is 1. The van der Waals surface area contributed by atoms with Gasteiger partial charge in [0.2, 0.25) is 0 Å². The summed E-state index contributed by atoms with van der Waals surface area (Å²) in [6.07, 6.45) is 4.65. The van der Waals surface area contributed by atoms with Crippen LogP contribution in [0.25, 0.3) is 0 Å². The number of aromatic nitrogens is 2. The summed E-state index contributed by atoms with van der Waals surface area (Å²) in [6.45, 7) is 4.15. The lowest BCUT2D eigenvalue weighted by atomic mass is 9.82. The van der Waals surface area contributed by atoms with Crippen molar-refractivity contribution in [3.63, 3.8) is 0 Å². The minimum atomic E-state index is -2.99. The summed E-state index contributed by atoms with van der Waals surface area (Å²) in [5, 5.41) is 3.95. The Kier molecular flexibility index (Phi) is 5.34. The maximum absolute atomic E-state index is 11.8. The number of sulfone groups is 1. The molecule has 1 aliphatic carbocycles. The third-order valence-electron chi connectivity index (χ3n) is 4.29. The van der Waals surface area contributed by atoms with Gasteiger partial charge in [-0.1, -0.05) is 24.8 Å². The van der Waals surface area contributed by atoms with E-state index in [4.69, 9.17) is 5.84 Å². The van der Waals surface area contributed by atoms with Crippen LogP contribution in [0, 0.1) is 5.92 Å². The molecule has 1 saturated carbocycles. The molecule has 1 aromatic heterocycles. The lowest BCUT2D eigenvalue weighted by Crippen LogP contribution is -2.38. The standard InChI is InChI=1S/C13H24N4O2S2/c1-8(2)11-13(20-17-16-11)12(15-14)9-5-4-6-10(7-9)21(3,18)19/h8-10,12,15H,4-7,14H2,1-3H3. The van der Waals surface area contributed by atoms with E-state index in [1.54, 1.807) is 0 Å². The van der Waals surface area contributed by atoms with Gasteiger partial charge in [0.05, 0.1) is 21.9 Å². The number of hydrogen-bond donors (Lipinski definition) is 2. The summed E-state index contributed by atoms with van der Waals surface area (Å²) in [4.78, 5) is 1.05. The predicted octanol–water partition coefficient (Wildman–Crippen LogP) is 1.77. The van der Waals surface area contributed by atoms with Gasteiger partial charge in [-0.15, -0.1) is 5.10 Å². The molecule has 6 nitrogen and oxygen atoms in total. The second-order valence-electron chi connectivity index (χ2n) is 6.20. The third kappa shape index (κ3) is 3.80. The van der Waals surface area contributed by atoms with E-state index in [-0.39, 0.29) is 23.1 Å². The highest BCUT2D eigenvalue weighted by molar-refractivity contribution is 7.91. The van der Waals surface area contributed by atoms with Gasteiger partial charge in [-0.3, -0.25) is 11.3 Å². The summed E-state index contributed by atoms with van der Waals surface area (Å²) in [7, 11) is -2.99. The molecule has 1 aromatic rings. The first-order valence-corrected chi connectivity index (χ1v) is 10.0. The second kappa shape index (κ2) is 6.68. The Morgan fingerprint density at radius 3 is 2.67 bits per heavy atom. The SMILES string of the molecule is CC(C)c1nnsc1C(NN)C1CCCC(S(C)(=O)=O)C1. The fourth-order valence-corrected chi connectivity index (χ4v) is 5.27. The Hall–Kier alpha value is -0.570. The van der Waals surface area contributed by atoms with Gasteiger partial charge in [-0.2, -0.15) is 0 Å². The van der Waals surface area contributed by atoms with Gasteiger partial charge >= 0.3 is 0 Å². The molecule has 21 heavy (non-hydrogen) atoms. The fourth-order valence-electron chi connectivity index (χ4n) is 3.12. The topological polar surface area (TPSA) is 98.0 Å². The zero-order chi connectivity index (χ0) is 15.6. The lowest BCUT2D eigenvalue weighted by Gasteiger charge is -2.33. The van der Waals surface area contributed by atoms with Crippen LogP contribution >= 0.6 is 11.5 Å². The third-order valence-corrected chi connectivity index (χ3v) is 6.75. The van der Waals surface area contributed by atoms with Crippen LogP contribution in [0.4, 0.5) is 0 Å². The first kappa shape index (κ1) is 16.8. The molecule has 120 valence electrons. The average molecular weight is 332 g/mol. The van der Waals surface area contributed by atoms with Crippen molar-refractivity contribution in [3.05, 3.63) is 10.6 Å². The zero-order valence-corrected chi connectivity index (χ0v) is 14.4. The van der Waals surface area contributed by atoms with E-state index in [9.17, 15) is 8.42 Å². The van der Waals surface area contributed by atoms with Crippen LogP contribution in [-0.2, 0) is 9.84 Å². The summed E-state index contributed by atoms with van der Waals surface area (Å²) >= 11 is 1.36. The van der Waals surface area contributed by atoms with Crippen LogP contribution < -0.4 is 11.3 Å². The number of rotatable bonds is 5. The van der Waals surface area contributed by atoms with Crippen LogP contribution in [0.5, 0.6) is 0 Å². The van der Waals surface area contributed by atoms with Crippen molar-refractivity contribution in [1.29, 1.82) is 0 Å². The van der Waals surface area contributed by atoms with E-state index in [1.807, 2.05) is 0 Å². The van der Waals surface area contributed by atoms with Gasteiger partial charge in [0.15, 0.2) is 0 Å². The van der Waals surface area contributed by atoms with E-state index >= 15 is 0 Å². The van der Waals surface area contributed by atoms with E-state index in [0.29, 0.717) is 6.42 Å². The second-order valence-corrected chi connectivity index (χ2v) is 9.31. The quantitative estimate of drug-likeness (QED) is 0.630. The minimum Gasteiger partial charge on any atom is -0.271 e. The van der Waals surface area contributed by atoms with Gasteiger partial charge in [0.1, 0.15) is 9.84 Å². The summed E-state index contributed by atoms with van der Waals surface area (Å²) in [5.41, 5.74) is 3.84. The van der Waals surface area contributed by atoms with Gasteiger partial charge < -0.3 is 0 Å². The molecular formula is C13H24N4O2S2. The largest absolute Gasteiger partial charge is 0.271 e. The molecule has 0 spiro atoms. The van der Waals surface area contributed by atoms with Crippen molar-refractivity contribution in [2.24, 2.45) is 11.8 Å². The van der Waals surface area contributed by atoms with Gasteiger partial charge in [0, 0.05) is 6.26 Å². The van der Waals surface area contributed by atoms with Crippen LogP contribution in [0.15, 0.2) is 0 Å². The Bertz CT molecular complexity index is 570. The molecular weight excluding hydrogens is 308 g/mol. The predicted molar refractivity (Wildman–Crippen MR) is 84.7 cm³/mol. The highest BCUT2D eigenvalue weighted by atomic mass is 32.2. The molecule has 3 atom stereocenters. The van der Waals surface area contributed by atoms with Crippen LogP contribution in [0.1, 0.15) is 62.1 Å². The zero-order valence-electron chi connectivity index (χ0n) is 12.7. The van der Waals surface area contributed by atoms with Crippen molar-refractivity contribution in [2.75, 3.05) is 6.26 Å². The maximum Gasteiger partial charge on any atom is 0.150 e. The number of nitrogens with zero attached hydrogens (tertiary/aromatic N) is 2. The van der Waals surface area contributed by atoms with Gasteiger partial charge in [0.25, 0.3) is 0 Å². The highest BCUT2D eigenvalue weighted by Gasteiger charge is 2.35. The van der Waals surface area contributed by atoms with Gasteiger partial charge in [-0.25, -0.2) is 8.42 Å². The first-order valence-electron chi connectivity index (χ1n) is 7.31. The summed E-state index contributed by atoms with van der Waals surface area (Å²) in [5.74, 6) is 6.26. The lowest BCUT2D eigenvalue weighted by molar-refractivity contribution is 0.276. The molecule has 8 heteroatoms. The molecule has 0 amide bonds. The van der Waals surface area contributed by atoms with Crippen molar-refractivity contribution < 1.29 is 8.42 Å². The fraction of sp³-hybridized carbons (Fsp3) is 0.846. The maximum atomic E-state index is 11.8. The molecule has 3 N–H and O–H groups in total. The van der Waals surface area contributed by atoms with E-state index < -0.39 is 9.84 Å².